The Morgan fingerprint density at radius 1 is 0.692 bits per heavy atom. The van der Waals surface area contributed by atoms with Gasteiger partial charge in [-0.25, -0.2) is 0 Å². The first-order valence-corrected chi connectivity index (χ1v) is 12.2. The number of benzene rings is 2. The lowest BCUT2D eigenvalue weighted by atomic mass is 9.85. The molecule has 0 aliphatic heterocycles. The second kappa shape index (κ2) is 6.67. The SMILES string of the molecule is CC[Si](CC)C1c2cc(C(C)(C)C)ccc2-c2ccc(C(C)(C)C)cc21. The Bertz CT molecular complexity index is 734. The van der Waals surface area contributed by atoms with Gasteiger partial charge >= 0.3 is 0 Å². The highest BCUT2D eigenvalue weighted by Gasteiger charge is 2.35. The summed E-state index contributed by atoms with van der Waals surface area (Å²) in [6.07, 6.45) is 0. The van der Waals surface area contributed by atoms with Crippen LogP contribution in [-0.2, 0) is 10.8 Å². The Kier molecular flexibility index (Phi) is 4.98. The molecule has 1 heteroatoms. The van der Waals surface area contributed by atoms with Crippen LogP contribution in [0.1, 0.15) is 83.2 Å². The van der Waals surface area contributed by atoms with Crippen molar-refractivity contribution in [1.82, 2.24) is 0 Å². The van der Waals surface area contributed by atoms with Gasteiger partial charge in [0, 0.05) is 5.54 Å². The molecule has 0 N–H and O–H groups in total. The van der Waals surface area contributed by atoms with Gasteiger partial charge in [-0.05, 0) is 44.2 Å². The van der Waals surface area contributed by atoms with Gasteiger partial charge in [-0.3, -0.25) is 0 Å². The molecule has 2 aromatic rings. The summed E-state index contributed by atoms with van der Waals surface area (Å²) in [7, 11) is -0.447. The molecule has 3 rings (SSSR count). The predicted molar refractivity (Wildman–Crippen MR) is 118 cm³/mol. The Hall–Kier alpha value is -1.34. The van der Waals surface area contributed by atoms with Crippen molar-refractivity contribution >= 4 is 8.80 Å². The Morgan fingerprint density at radius 3 is 1.38 bits per heavy atom. The molecule has 1 aliphatic rings. The molecule has 139 valence electrons. The highest BCUT2D eigenvalue weighted by atomic mass is 28.3. The first-order valence-electron chi connectivity index (χ1n) is 10.2. The van der Waals surface area contributed by atoms with E-state index >= 15 is 0 Å². The van der Waals surface area contributed by atoms with Crippen LogP contribution >= 0.6 is 0 Å². The molecule has 0 saturated carbocycles. The van der Waals surface area contributed by atoms with Crippen molar-refractivity contribution in [2.75, 3.05) is 0 Å². The van der Waals surface area contributed by atoms with Gasteiger partial charge in [-0.2, -0.15) is 0 Å². The van der Waals surface area contributed by atoms with Crippen molar-refractivity contribution in [3.8, 4) is 11.1 Å². The van der Waals surface area contributed by atoms with E-state index in [1.54, 1.807) is 11.1 Å². The van der Waals surface area contributed by atoms with Gasteiger partial charge < -0.3 is 0 Å². The maximum atomic E-state index is 2.53. The van der Waals surface area contributed by atoms with Crippen LogP contribution in [0.15, 0.2) is 36.4 Å². The Balaban J connectivity index is 2.23. The lowest BCUT2D eigenvalue weighted by molar-refractivity contribution is 0.589. The third-order valence-electron chi connectivity index (χ3n) is 6.06. The molecular formula is C25H35Si. The minimum atomic E-state index is -0.447. The first kappa shape index (κ1) is 19.4. The molecule has 0 bridgehead atoms. The fraction of sp³-hybridized carbons (Fsp3) is 0.520. The van der Waals surface area contributed by atoms with Gasteiger partial charge in [0.25, 0.3) is 0 Å². The van der Waals surface area contributed by atoms with E-state index in [4.69, 9.17) is 0 Å². The molecule has 0 atom stereocenters. The summed E-state index contributed by atoms with van der Waals surface area (Å²) in [6, 6.07) is 17.3. The molecule has 2 aromatic carbocycles. The summed E-state index contributed by atoms with van der Waals surface area (Å²) in [6.45, 7) is 18.8. The van der Waals surface area contributed by atoms with Crippen LogP contribution in [0.4, 0.5) is 0 Å². The van der Waals surface area contributed by atoms with Crippen molar-refractivity contribution in [2.24, 2.45) is 0 Å². The normalized spacial score (nSPS) is 14.7. The largest absolute Gasteiger partial charge is 0.0679 e. The van der Waals surface area contributed by atoms with Crippen LogP contribution in [0.3, 0.4) is 0 Å². The lowest BCUT2D eigenvalue weighted by Crippen LogP contribution is -2.22. The fourth-order valence-electron chi connectivity index (χ4n) is 4.29. The van der Waals surface area contributed by atoms with Gasteiger partial charge in [0.1, 0.15) is 0 Å². The smallest absolute Gasteiger partial charge is 0.0616 e. The van der Waals surface area contributed by atoms with E-state index in [0.717, 1.165) is 0 Å². The maximum absolute atomic E-state index is 2.53. The summed E-state index contributed by atoms with van der Waals surface area (Å²) >= 11 is 0. The maximum Gasteiger partial charge on any atom is 0.0616 e. The summed E-state index contributed by atoms with van der Waals surface area (Å²) in [5, 5.41) is 0. The van der Waals surface area contributed by atoms with Crippen molar-refractivity contribution in [3.63, 3.8) is 0 Å². The average molecular weight is 364 g/mol. The zero-order chi connectivity index (χ0) is 19.3. The van der Waals surface area contributed by atoms with E-state index in [9.17, 15) is 0 Å². The highest BCUT2D eigenvalue weighted by molar-refractivity contribution is 6.61. The highest BCUT2D eigenvalue weighted by Crippen LogP contribution is 2.49. The second-order valence-electron chi connectivity index (χ2n) is 9.90. The number of hydrogen-bond donors (Lipinski definition) is 0. The molecule has 1 radical (unpaired) electrons. The summed E-state index contributed by atoms with van der Waals surface area (Å²) in [5.74, 6) is 0. The van der Waals surface area contributed by atoms with Crippen LogP contribution in [0.25, 0.3) is 11.1 Å². The predicted octanol–water partition coefficient (Wildman–Crippen LogP) is 7.47. The van der Waals surface area contributed by atoms with Crippen LogP contribution in [-0.4, -0.2) is 8.80 Å². The minimum Gasteiger partial charge on any atom is -0.0679 e. The number of fused-ring (bicyclic) bond motifs is 3. The van der Waals surface area contributed by atoms with E-state index in [2.05, 4.69) is 91.8 Å². The molecule has 0 unspecified atom stereocenters. The number of hydrogen-bond acceptors (Lipinski definition) is 0. The van der Waals surface area contributed by atoms with Gasteiger partial charge in [0.2, 0.25) is 0 Å². The first-order chi connectivity index (χ1) is 12.1. The summed E-state index contributed by atoms with van der Waals surface area (Å²) < 4.78 is 0. The van der Waals surface area contributed by atoms with E-state index in [-0.39, 0.29) is 10.8 Å². The Morgan fingerprint density at radius 2 is 1.08 bits per heavy atom. The van der Waals surface area contributed by atoms with Gasteiger partial charge in [0.05, 0.1) is 8.80 Å². The second-order valence-corrected chi connectivity index (χ2v) is 13.2. The zero-order valence-electron chi connectivity index (χ0n) is 18.0. The monoisotopic (exact) mass is 363 g/mol. The quantitative estimate of drug-likeness (QED) is 0.496. The van der Waals surface area contributed by atoms with Crippen molar-refractivity contribution in [2.45, 2.75) is 83.8 Å². The van der Waals surface area contributed by atoms with Crippen LogP contribution in [0.2, 0.25) is 12.1 Å². The fourth-order valence-corrected chi connectivity index (χ4v) is 6.97. The zero-order valence-corrected chi connectivity index (χ0v) is 19.0. The molecule has 0 fully saturated rings. The molecule has 0 nitrogen and oxygen atoms in total. The Labute approximate surface area is 162 Å². The number of rotatable bonds is 3. The third-order valence-corrected chi connectivity index (χ3v) is 9.32. The molecule has 0 amide bonds. The average Bonchev–Trinajstić information content (AvgIpc) is 2.88. The minimum absolute atomic E-state index is 0.205. The lowest BCUT2D eigenvalue weighted by Gasteiger charge is -2.26. The van der Waals surface area contributed by atoms with Crippen LogP contribution < -0.4 is 0 Å². The summed E-state index contributed by atoms with van der Waals surface area (Å²) in [5.41, 5.74) is 10.2. The topological polar surface area (TPSA) is 0 Å². The van der Waals surface area contributed by atoms with Crippen LogP contribution in [0.5, 0.6) is 0 Å². The van der Waals surface area contributed by atoms with Gasteiger partial charge in [-0.1, -0.05) is 104 Å². The van der Waals surface area contributed by atoms with E-state index in [0.29, 0.717) is 5.54 Å². The van der Waals surface area contributed by atoms with E-state index < -0.39 is 8.80 Å². The van der Waals surface area contributed by atoms with Crippen LogP contribution in [0, 0.1) is 0 Å². The van der Waals surface area contributed by atoms with Crippen molar-refractivity contribution < 1.29 is 0 Å². The summed E-state index contributed by atoms with van der Waals surface area (Å²) in [4.78, 5) is 0. The van der Waals surface area contributed by atoms with E-state index in [1.807, 2.05) is 0 Å². The van der Waals surface area contributed by atoms with Crippen molar-refractivity contribution in [1.29, 1.82) is 0 Å². The van der Waals surface area contributed by atoms with Gasteiger partial charge in [-0.15, -0.1) is 0 Å². The van der Waals surface area contributed by atoms with E-state index in [1.165, 1.54) is 34.3 Å². The van der Waals surface area contributed by atoms with Crippen molar-refractivity contribution in [3.05, 3.63) is 58.7 Å². The molecule has 0 aromatic heterocycles. The third kappa shape index (κ3) is 3.31. The standard InChI is InChI=1S/C25H35Si/c1-9-26(10-2)23-21-15-17(24(3,4)5)11-13-19(21)20-14-12-18(16-22(20)23)25(6,7)8/h11-16,23H,9-10H2,1-8H3. The molecule has 0 spiro atoms. The molecule has 0 heterocycles. The molecule has 1 aliphatic carbocycles. The molecule has 26 heavy (non-hydrogen) atoms. The molecular weight excluding hydrogens is 328 g/mol. The van der Waals surface area contributed by atoms with Gasteiger partial charge in [0.15, 0.2) is 0 Å². The molecule has 0 saturated heterocycles.